The second kappa shape index (κ2) is 12.9. The molecule has 0 aliphatic heterocycles. The number of benzene rings is 1. The van der Waals surface area contributed by atoms with Crippen molar-refractivity contribution in [3.05, 3.63) is 29.8 Å². The van der Waals surface area contributed by atoms with E-state index in [1.165, 1.54) is 7.11 Å². The van der Waals surface area contributed by atoms with E-state index in [4.69, 9.17) is 5.21 Å². The van der Waals surface area contributed by atoms with Crippen LogP contribution in [0.5, 0.6) is 0 Å². The van der Waals surface area contributed by atoms with Gasteiger partial charge in [-0.3, -0.25) is 19.6 Å². The van der Waals surface area contributed by atoms with Crippen LogP contribution in [0.4, 0.5) is 5.69 Å². The lowest BCUT2D eigenvalue weighted by Crippen LogP contribution is -2.51. The van der Waals surface area contributed by atoms with E-state index in [1.807, 2.05) is 13.8 Å². The second-order valence-electron chi connectivity index (χ2n) is 9.01. The predicted octanol–water partition coefficient (Wildman–Crippen LogP) is 3.03. The van der Waals surface area contributed by atoms with Gasteiger partial charge in [0.2, 0.25) is 17.7 Å². The van der Waals surface area contributed by atoms with Crippen LogP contribution in [-0.2, 0) is 19.1 Å². The molecule has 2 unspecified atom stereocenters. The Morgan fingerprint density at radius 1 is 1.03 bits per heavy atom. The van der Waals surface area contributed by atoms with Crippen molar-refractivity contribution in [2.75, 3.05) is 12.4 Å². The van der Waals surface area contributed by atoms with E-state index in [-0.39, 0.29) is 30.1 Å². The first kappa shape index (κ1) is 26.3. The van der Waals surface area contributed by atoms with Gasteiger partial charge in [-0.2, -0.15) is 0 Å². The summed E-state index contributed by atoms with van der Waals surface area (Å²) in [6, 6.07) is 5.59. The molecule has 0 saturated heterocycles. The summed E-state index contributed by atoms with van der Waals surface area (Å²) in [5.41, 5.74) is 2.45. The van der Waals surface area contributed by atoms with Gasteiger partial charge in [-0.1, -0.05) is 33.1 Å². The molecule has 0 heterocycles. The molecule has 3 amide bonds. The van der Waals surface area contributed by atoms with Crippen LogP contribution in [0.25, 0.3) is 0 Å². The zero-order valence-electron chi connectivity index (χ0n) is 19.6. The van der Waals surface area contributed by atoms with Crippen molar-refractivity contribution in [3.8, 4) is 0 Å². The summed E-state index contributed by atoms with van der Waals surface area (Å²) in [5, 5.41) is 14.6. The number of nitrogens with one attached hydrogen (secondary N) is 3. The predicted molar refractivity (Wildman–Crippen MR) is 122 cm³/mol. The average molecular weight is 462 g/mol. The fourth-order valence-corrected chi connectivity index (χ4v) is 4.29. The Kier molecular flexibility index (Phi) is 10.3. The summed E-state index contributed by atoms with van der Waals surface area (Å²) in [4.78, 5) is 49.6. The van der Waals surface area contributed by atoms with Crippen LogP contribution in [0.15, 0.2) is 24.3 Å². The van der Waals surface area contributed by atoms with Crippen molar-refractivity contribution in [1.29, 1.82) is 0 Å². The topological polar surface area (TPSA) is 134 Å². The second-order valence-corrected chi connectivity index (χ2v) is 9.01. The third kappa shape index (κ3) is 8.16. The molecule has 1 fully saturated rings. The van der Waals surface area contributed by atoms with Gasteiger partial charge < -0.3 is 15.4 Å². The van der Waals surface area contributed by atoms with Crippen LogP contribution in [-0.4, -0.2) is 42.0 Å². The zero-order chi connectivity index (χ0) is 24.4. The molecule has 0 aromatic heterocycles. The van der Waals surface area contributed by atoms with Gasteiger partial charge in [-0.05, 0) is 55.4 Å². The lowest BCUT2D eigenvalue weighted by Gasteiger charge is -2.31. The average Bonchev–Trinajstić information content (AvgIpc) is 2.81. The molecule has 4 N–H and O–H groups in total. The van der Waals surface area contributed by atoms with Gasteiger partial charge in [0.15, 0.2) is 0 Å². The van der Waals surface area contributed by atoms with Crippen molar-refractivity contribution in [1.82, 2.24) is 10.8 Å². The number of hydroxylamine groups is 1. The molecule has 1 aliphatic rings. The Bertz CT molecular complexity index is 818. The number of amides is 3. The Morgan fingerprint density at radius 2 is 1.67 bits per heavy atom. The molecule has 33 heavy (non-hydrogen) atoms. The molecule has 2 atom stereocenters. The number of rotatable bonds is 10. The maximum absolute atomic E-state index is 13.2. The largest absolute Gasteiger partial charge is 0.465 e. The van der Waals surface area contributed by atoms with Crippen LogP contribution in [0.1, 0.15) is 69.2 Å². The van der Waals surface area contributed by atoms with E-state index in [2.05, 4.69) is 15.4 Å². The monoisotopic (exact) mass is 461 g/mol. The minimum absolute atomic E-state index is 0.0107. The summed E-state index contributed by atoms with van der Waals surface area (Å²) in [6.45, 7) is 3.89. The summed E-state index contributed by atoms with van der Waals surface area (Å²) >= 11 is 0. The Morgan fingerprint density at radius 3 is 2.21 bits per heavy atom. The highest BCUT2D eigenvalue weighted by molar-refractivity contribution is 5.98. The Balaban J connectivity index is 2.17. The number of carbonyl (C=O) groups excluding carboxylic acids is 4. The van der Waals surface area contributed by atoms with Crippen molar-refractivity contribution in [2.45, 2.75) is 64.8 Å². The van der Waals surface area contributed by atoms with Gasteiger partial charge in [0.25, 0.3) is 0 Å². The first-order chi connectivity index (χ1) is 15.7. The van der Waals surface area contributed by atoms with Gasteiger partial charge >= 0.3 is 5.97 Å². The summed E-state index contributed by atoms with van der Waals surface area (Å²) in [5.74, 6) is -2.33. The number of anilines is 1. The number of hydrogen-bond acceptors (Lipinski definition) is 6. The smallest absolute Gasteiger partial charge is 0.337 e. The van der Waals surface area contributed by atoms with Crippen LogP contribution in [0.3, 0.4) is 0 Å². The van der Waals surface area contributed by atoms with E-state index in [0.29, 0.717) is 17.7 Å². The van der Waals surface area contributed by atoms with E-state index in [0.717, 1.165) is 32.1 Å². The minimum Gasteiger partial charge on any atom is -0.465 e. The number of carbonyl (C=O) groups is 4. The lowest BCUT2D eigenvalue weighted by molar-refractivity contribution is -0.136. The van der Waals surface area contributed by atoms with Crippen LogP contribution < -0.4 is 16.1 Å². The number of ether oxygens (including phenoxy) is 1. The molecule has 0 bridgehead atoms. The van der Waals surface area contributed by atoms with E-state index < -0.39 is 23.8 Å². The molecule has 182 valence electrons. The molecular formula is C24H35N3O6. The summed E-state index contributed by atoms with van der Waals surface area (Å²) < 4.78 is 4.69. The summed E-state index contributed by atoms with van der Waals surface area (Å²) in [7, 11) is 1.30. The molecular weight excluding hydrogens is 426 g/mol. The van der Waals surface area contributed by atoms with Gasteiger partial charge in [0.05, 0.1) is 12.7 Å². The lowest BCUT2D eigenvalue weighted by atomic mass is 9.83. The molecule has 9 nitrogen and oxygen atoms in total. The van der Waals surface area contributed by atoms with Crippen molar-refractivity contribution >= 4 is 29.4 Å². The molecule has 1 aromatic carbocycles. The molecule has 0 spiro atoms. The van der Waals surface area contributed by atoms with E-state index >= 15 is 0 Å². The SMILES string of the molecule is COC(=O)c1ccc(NC(=O)C(NC(=O)C(CC(=O)NO)CC(C)C)C2CCCCC2)cc1. The minimum atomic E-state index is -0.745. The van der Waals surface area contributed by atoms with Gasteiger partial charge in [0.1, 0.15) is 6.04 Å². The van der Waals surface area contributed by atoms with Crippen LogP contribution in [0.2, 0.25) is 0 Å². The molecule has 9 heteroatoms. The number of hydrogen-bond donors (Lipinski definition) is 4. The first-order valence-corrected chi connectivity index (χ1v) is 11.5. The Labute approximate surface area is 194 Å². The fraction of sp³-hybridized carbons (Fsp3) is 0.583. The van der Waals surface area contributed by atoms with Crippen molar-refractivity contribution in [3.63, 3.8) is 0 Å². The number of methoxy groups -OCH3 is 1. The normalized spacial score (nSPS) is 15.9. The third-order valence-corrected chi connectivity index (χ3v) is 5.96. The molecule has 1 saturated carbocycles. The highest BCUT2D eigenvalue weighted by Gasteiger charge is 2.33. The van der Waals surface area contributed by atoms with Gasteiger partial charge in [-0.25, -0.2) is 10.3 Å². The zero-order valence-corrected chi connectivity index (χ0v) is 19.6. The standard InChI is InChI=1S/C24H35N3O6/c1-15(2)13-18(14-20(28)27-32)22(29)26-21(16-7-5-4-6-8-16)23(30)25-19-11-9-17(10-12-19)24(31)33-3/h9-12,15-16,18,21,32H,4-8,13-14H2,1-3H3,(H,25,30)(H,26,29)(H,27,28). The van der Waals surface area contributed by atoms with Gasteiger partial charge in [0, 0.05) is 18.0 Å². The van der Waals surface area contributed by atoms with Crippen molar-refractivity contribution in [2.24, 2.45) is 17.8 Å². The van der Waals surface area contributed by atoms with Gasteiger partial charge in [-0.15, -0.1) is 0 Å². The fourth-order valence-electron chi connectivity index (χ4n) is 4.29. The highest BCUT2D eigenvalue weighted by Crippen LogP contribution is 2.28. The van der Waals surface area contributed by atoms with Crippen LogP contribution in [0, 0.1) is 17.8 Å². The molecule has 2 rings (SSSR count). The molecule has 1 aliphatic carbocycles. The van der Waals surface area contributed by atoms with E-state index in [1.54, 1.807) is 29.7 Å². The maximum Gasteiger partial charge on any atom is 0.337 e. The highest BCUT2D eigenvalue weighted by atomic mass is 16.5. The van der Waals surface area contributed by atoms with Crippen LogP contribution >= 0.6 is 0 Å². The quantitative estimate of drug-likeness (QED) is 0.240. The van der Waals surface area contributed by atoms with Crippen molar-refractivity contribution < 1.29 is 29.1 Å². The first-order valence-electron chi connectivity index (χ1n) is 11.5. The third-order valence-electron chi connectivity index (χ3n) is 5.96. The molecule has 1 aromatic rings. The Hall–Kier alpha value is -2.94. The summed E-state index contributed by atoms with van der Waals surface area (Å²) in [6.07, 6.45) is 5.01. The maximum atomic E-state index is 13.2. The van der Waals surface area contributed by atoms with E-state index in [9.17, 15) is 19.2 Å². The molecule has 0 radical (unpaired) electrons. The number of esters is 1.